The molecular weight excluding hydrogens is 648 g/mol. The second-order valence-corrected chi connectivity index (χ2v) is 12.0. The third-order valence-electron chi connectivity index (χ3n) is 6.10. The van der Waals surface area contributed by atoms with Gasteiger partial charge in [-0.15, -0.1) is 0 Å². The van der Waals surface area contributed by atoms with Gasteiger partial charge >= 0.3 is 5.97 Å². The Morgan fingerprint density at radius 3 is 2.51 bits per heavy atom. The number of benzene rings is 2. The van der Waals surface area contributed by atoms with Crippen molar-refractivity contribution in [1.29, 1.82) is 0 Å². The van der Waals surface area contributed by atoms with Gasteiger partial charge < -0.3 is 13.9 Å². The van der Waals surface area contributed by atoms with Crippen LogP contribution in [0.5, 0.6) is 5.75 Å². The van der Waals surface area contributed by atoms with Gasteiger partial charge in [0.2, 0.25) is 0 Å². The van der Waals surface area contributed by atoms with E-state index in [0.717, 1.165) is 14.5 Å². The predicted octanol–water partition coefficient (Wildman–Crippen LogP) is 5.98. The molecule has 0 saturated heterocycles. The zero-order valence-corrected chi connectivity index (χ0v) is 25.5. The summed E-state index contributed by atoms with van der Waals surface area (Å²) >= 11 is 8.20. The Morgan fingerprint density at radius 1 is 1.10 bits per heavy atom. The smallest absolute Gasteiger partial charge is 0.338 e. The molecule has 0 radical (unpaired) electrons. The van der Waals surface area contributed by atoms with Crippen molar-refractivity contribution in [1.82, 2.24) is 4.57 Å². The summed E-state index contributed by atoms with van der Waals surface area (Å²) < 4.78 is 21.0. The highest BCUT2D eigenvalue weighted by Crippen LogP contribution is 2.37. The van der Waals surface area contributed by atoms with Crippen molar-refractivity contribution in [2.75, 3.05) is 7.11 Å². The number of allylic oxidation sites excluding steroid dienone is 1. The minimum atomic E-state index is -0.794. The van der Waals surface area contributed by atoms with Gasteiger partial charge in [-0.05, 0) is 63.2 Å². The molecule has 39 heavy (non-hydrogen) atoms. The Morgan fingerprint density at radius 2 is 1.82 bits per heavy atom. The van der Waals surface area contributed by atoms with Gasteiger partial charge in [0.25, 0.3) is 5.56 Å². The second kappa shape index (κ2) is 11.1. The lowest BCUT2D eigenvalue weighted by Crippen LogP contribution is -2.40. The van der Waals surface area contributed by atoms with E-state index in [4.69, 9.17) is 13.9 Å². The number of furan rings is 1. The number of methoxy groups -OCH3 is 1. The molecule has 5 rings (SSSR count). The summed E-state index contributed by atoms with van der Waals surface area (Å²) in [5.41, 5.74) is 2.03. The van der Waals surface area contributed by atoms with Gasteiger partial charge in [-0.2, -0.15) is 0 Å². The van der Waals surface area contributed by atoms with Crippen LogP contribution in [-0.4, -0.2) is 23.8 Å². The molecule has 0 bridgehead atoms. The Hall–Kier alpha value is -3.21. The predicted molar refractivity (Wildman–Crippen MR) is 158 cm³/mol. The molecule has 4 aromatic rings. The second-order valence-electron chi connectivity index (χ2n) is 9.13. The van der Waals surface area contributed by atoms with Gasteiger partial charge in [0.05, 0.1) is 29.0 Å². The largest absolute Gasteiger partial charge is 0.496 e. The molecule has 0 unspecified atom stereocenters. The molecule has 200 valence electrons. The van der Waals surface area contributed by atoms with Crippen molar-refractivity contribution in [3.63, 3.8) is 0 Å². The number of nitrogens with zero attached hydrogens (tertiary/aromatic N) is 2. The quantitative estimate of drug-likeness (QED) is 0.236. The fourth-order valence-corrected chi connectivity index (χ4v) is 6.07. The van der Waals surface area contributed by atoms with E-state index in [9.17, 15) is 9.59 Å². The first-order valence-electron chi connectivity index (χ1n) is 12.1. The van der Waals surface area contributed by atoms with Gasteiger partial charge in [-0.25, -0.2) is 9.79 Å². The summed E-state index contributed by atoms with van der Waals surface area (Å²) in [6.45, 7) is 5.32. The molecule has 0 fully saturated rings. The highest BCUT2D eigenvalue weighted by Gasteiger charge is 2.35. The van der Waals surface area contributed by atoms with Crippen molar-refractivity contribution in [3.05, 3.63) is 106 Å². The number of aromatic nitrogens is 1. The first-order valence-corrected chi connectivity index (χ1v) is 14.5. The molecule has 1 aliphatic rings. The standard InChI is InChI=1S/C29H24Br2N2O5S/c1-15(2)37-28(35)25-16(3)32-29-33(26(25)21-13-19(31)9-11-23(21)36-4)27(34)24(39-29)14-20-10-12-22(38-20)17-5-7-18(30)8-6-17/h5-15,26H,1-4H3/b24-14-/t26-/m0/s1. The summed E-state index contributed by atoms with van der Waals surface area (Å²) in [4.78, 5) is 32.4. The van der Waals surface area contributed by atoms with Gasteiger partial charge in [0, 0.05) is 26.1 Å². The van der Waals surface area contributed by atoms with E-state index in [1.807, 2.05) is 48.5 Å². The molecule has 2 aromatic carbocycles. The van der Waals surface area contributed by atoms with Crippen LogP contribution >= 0.6 is 43.2 Å². The van der Waals surface area contributed by atoms with Gasteiger partial charge in [0.15, 0.2) is 4.80 Å². The van der Waals surface area contributed by atoms with Crippen LogP contribution in [0.3, 0.4) is 0 Å². The van der Waals surface area contributed by atoms with Gasteiger partial charge in [0.1, 0.15) is 23.3 Å². The minimum absolute atomic E-state index is 0.287. The molecular formula is C29H24Br2N2O5S. The maximum atomic E-state index is 13.9. The molecule has 0 aliphatic carbocycles. The molecule has 2 aromatic heterocycles. The number of ether oxygens (including phenoxy) is 2. The lowest BCUT2D eigenvalue weighted by atomic mass is 9.95. The Labute approximate surface area is 245 Å². The average molecular weight is 672 g/mol. The molecule has 0 saturated carbocycles. The number of thiazole rings is 1. The van der Waals surface area contributed by atoms with Crippen molar-refractivity contribution < 1.29 is 18.7 Å². The molecule has 1 aliphatic heterocycles. The first kappa shape index (κ1) is 27.4. The zero-order chi connectivity index (χ0) is 27.8. The monoisotopic (exact) mass is 670 g/mol. The van der Waals surface area contributed by atoms with E-state index in [2.05, 4.69) is 36.9 Å². The highest BCUT2D eigenvalue weighted by molar-refractivity contribution is 9.10. The Kier molecular flexibility index (Phi) is 7.80. The third kappa shape index (κ3) is 5.46. The van der Waals surface area contributed by atoms with Crippen molar-refractivity contribution >= 4 is 55.2 Å². The van der Waals surface area contributed by atoms with E-state index in [-0.39, 0.29) is 17.2 Å². The van der Waals surface area contributed by atoms with Crippen LogP contribution in [0.4, 0.5) is 0 Å². The van der Waals surface area contributed by atoms with Crippen molar-refractivity contribution in [2.45, 2.75) is 32.9 Å². The average Bonchev–Trinajstić information content (AvgIpc) is 3.47. The lowest BCUT2D eigenvalue weighted by Gasteiger charge is -2.26. The van der Waals surface area contributed by atoms with E-state index in [1.165, 1.54) is 15.9 Å². The van der Waals surface area contributed by atoms with E-state index < -0.39 is 12.0 Å². The van der Waals surface area contributed by atoms with E-state index >= 15 is 0 Å². The van der Waals surface area contributed by atoms with Crippen LogP contribution in [0, 0.1) is 0 Å². The maximum absolute atomic E-state index is 13.9. The summed E-state index contributed by atoms with van der Waals surface area (Å²) in [5, 5.41) is 0. The van der Waals surface area contributed by atoms with Crippen LogP contribution in [0.25, 0.3) is 17.4 Å². The summed E-state index contributed by atoms with van der Waals surface area (Å²) in [6, 6.07) is 16.2. The van der Waals surface area contributed by atoms with Crippen LogP contribution in [-0.2, 0) is 9.53 Å². The number of hydrogen-bond acceptors (Lipinski definition) is 7. The maximum Gasteiger partial charge on any atom is 0.338 e. The number of fused-ring (bicyclic) bond motifs is 1. The topological polar surface area (TPSA) is 83.0 Å². The van der Waals surface area contributed by atoms with Crippen LogP contribution in [0.1, 0.15) is 38.1 Å². The zero-order valence-electron chi connectivity index (χ0n) is 21.5. The molecule has 10 heteroatoms. The summed E-state index contributed by atoms with van der Waals surface area (Å²) in [7, 11) is 1.55. The van der Waals surface area contributed by atoms with Crippen LogP contribution < -0.4 is 19.6 Å². The minimum Gasteiger partial charge on any atom is -0.496 e. The fourth-order valence-electron chi connectivity index (χ4n) is 4.40. The number of hydrogen-bond donors (Lipinski definition) is 0. The molecule has 3 heterocycles. The molecule has 7 nitrogen and oxygen atoms in total. The number of halogens is 2. The SMILES string of the molecule is COc1ccc(Br)cc1[C@H]1C(C(=O)OC(C)C)=C(C)N=c2s/c(=C\c3ccc(-c4ccc(Br)cc4)o3)c(=O)n21. The van der Waals surface area contributed by atoms with Crippen LogP contribution in [0.15, 0.2) is 89.0 Å². The van der Waals surface area contributed by atoms with Crippen LogP contribution in [0.2, 0.25) is 0 Å². The lowest BCUT2D eigenvalue weighted by molar-refractivity contribution is -0.143. The van der Waals surface area contributed by atoms with Crippen molar-refractivity contribution in [3.8, 4) is 17.1 Å². The number of esters is 1. The van der Waals surface area contributed by atoms with Gasteiger partial charge in [-0.1, -0.05) is 55.3 Å². The number of carbonyl (C=O) groups is 1. The van der Waals surface area contributed by atoms with Gasteiger partial charge in [-0.3, -0.25) is 9.36 Å². The summed E-state index contributed by atoms with van der Waals surface area (Å²) in [6.07, 6.45) is 1.36. The summed E-state index contributed by atoms with van der Waals surface area (Å²) in [5.74, 6) is 1.22. The molecule has 0 spiro atoms. The Balaban J connectivity index is 1.67. The molecule has 0 N–H and O–H groups in total. The first-order chi connectivity index (χ1) is 18.7. The Bertz CT molecular complexity index is 1780. The molecule has 1 atom stereocenters. The molecule has 0 amide bonds. The highest BCUT2D eigenvalue weighted by atomic mass is 79.9. The van der Waals surface area contributed by atoms with E-state index in [1.54, 1.807) is 40.0 Å². The number of carbonyl (C=O) groups excluding carboxylic acids is 1. The van der Waals surface area contributed by atoms with Crippen molar-refractivity contribution in [2.24, 2.45) is 4.99 Å². The van der Waals surface area contributed by atoms with E-state index in [0.29, 0.717) is 37.9 Å². The third-order valence-corrected chi connectivity index (χ3v) is 8.10. The normalized spacial score (nSPS) is 15.4. The fraction of sp³-hybridized carbons (Fsp3) is 0.207. The number of rotatable bonds is 6.